The van der Waals surface area contributed by atoms with Gasteiger partial charge in [-0.15, -0.1) is 0 Å². The van der Waals surface area contributed by atoms with Gasteiger partial charge in [0.1, 0.15) is 17.3 Å². The average molecular weight is 299 g/mol. The number of nitriles is 1. The van der Waals surface area contributed by atoms with E-state index in [1.807, 2.05) is 18.2 Å². The molecule has 0 aliphatic heterocycles. The molecule has 0 amide bonds. The Labute approximate surface area is 129 Å². The van der Waals surface area contributed by atoms with Gasteiger partial charge >= 0.3 is 0 Å². The monoisotopic (exact) mass is 299 g/mol. The van der Waals surface area contributed by atoms with Crippen molar-refractivity contribution in [2.75, 3.05) is 13.7 Å². The third-order valence-electron chi connectivity index (χ3n) is 3.38. The number of ether oxygens (including phenoxy) is 2. The molecule has 0 aliphatic rings. The Morgan fingerprint density at radius 3 is 2.64 bits per heavy atom. The minimum atomic E-state index is -0.449. The molecule has 1 unspecified atom stereocenters. The van der Waals surface area contributed by atoms with Crippen molar-refractivity contribution in [3.05, 3.63) is 59.9 Å². The topological polar surface area (TPSA) is 42.2 Å². The molecule has 3 nitrogen and oxygen atoms in total. The summed E-state index contributed by atoms with van der Waals surface area (Å²) in [4.78, 5) is 0. The van der Waals surface area contributed by atoms with Crippen LogP contribution in [-0.4, -0.2) is 13.7 Å². The van der Waals surface area contributed by atoms with Gasteiger partial charge in [-0.05, 0) is 31.0 Å². The fraction of sp³-hybridized carbons (Fsp3) is 0.278. The van der Waals surface area contributed by atoms with Crippen LogP contribution >= 0.6 is 0 Å². The van der Waals surface area contributed by atoms with Crippen LogP contribution in [0.5, 0.6) is 11.5 Å². The van der Waals surface area contributed by atoms with Gasteiger partial charge in [-0.2, -0.15) is 5.26 Å². The zero-order valence-corrected chi connectivity index (χ0v) is 12.5. The lowest BCUT2D eigenvalue weighted by Gasteiger charge is -2.11. The van der Waals surface area contributed by atoms with Crippen LogP contribution in [0.4, 0.5) is 4.39 Å². The van der Waals surface area contributed by atoms with Gasteiger partial charge in [0, 0.05) is 11.6 Å². The van der Waals surface area contributed by atoms with Gasteiger partial charge < -0.3 is 9.47 Å². The van der Waals surface area contributed by atoms with Crippen LogP contribution in [0.2, 0.25) is 0 Å². The van der Waals surface area contributed by atoms with Crippen LogP contribution in [0.1, 0.15) is 24.3 Å². The van der Waals surface area contributed by atoms with Crippen molar-refractivity contribution in [1.82, 2.24) is 0 Å². The summed E-state index contributed by atoms with van der Waals surface area (Å²) < 4.78 is 24.4. The lowest BCUT2D eigenvalue weighted by molar-refractivity contribution is 0.302. The molecular weight excluding hydrogens is 281 g/mol. The summed E-state index contributed by atoms with van der Waals surface area (Å²) in [6, 6.07) is 15.9. The molecule has 0 spiro atoms. The van der Waals surface area contributed by atoms with E-state index in [4.69, 9.17) is 9.47 Å². The van der Waals surface area contributed by atoms with Gasteiger partial charge in [-0.3, -0.25) is 0 Å². The lowest BCUT2D eigenvalue weighted by Crippen LogP contribution is -2.03. The number of benzene rings is 2. The number of nitrogens with zero attached hydrogens (tertiary/aromatic N) is 1. The number of halogens is 1. The Bertz CT molecular complexity index is 652. The third kappa shape index (κ3) is 4.23. The van der Waals surface area contributed by atoms with Gasteiger partial charge in [-0.25, -0.2) is 4.39 Å². The second kappa shape index (κ2) is 8.04. The van der Waals surface area contributed by atoms with Crippen molar-refractivity contribution in [3.8, 4) is 17.6 Å². The van der Waals surface area contributed by atoms with Crippen molar-refractivity contribution in [1.29, 1.82) is 5.26 Å². The van der Waals surface area contributed by atoms with Crippen LogP contribution < -0.4 is 9.47 Å². The van der Waals surface area contributed by atoms with Crippen LogP contribution in [0, 0.1) is 17.1 Å². The normalized spacial score (nSPS) is 11.5. The van der Waals surface area contributed by atoms with Crippen LogP contribution in [0.3, 0.4) is 0 Å². The van der Waals surface area contributed by atoms with Gasteiger partial charge in [0.05, 0.1) is 25.7 Å². The summed E-state index contributed by atoms with van der Waals surface area (Å²) in [6.45, 7) is 0.472. The zero-order valence-electron chi connectivity index (χ0n) is 12.5. The maximum Gasteiger partial charge on any atom is 0.127 e. The van der Waals surface area contributed by atoms with Crippen LogP contribution in [0.15, 0.2) is 48.5 Å². The Balaban J connectivity index is 1.85. The van der Waals surface area contributed by atoms with Crippen molar-refractivity contribution < 1.29 is 13.9 Å². The van der Waals surface area contributed by atoms with E-state index >= 15 is 0 Å². The number of hydrogen-bond donors (Lipinski definition) is 0. The highest BCUT2D eigenvalue weighted by Crippen LogP contribution is 2.24. The van der Waals surface area contributed by atoms with Crippen LogP contribution in [-0.2, 0) is 0 Å². The summed E-state index contributed by atoms with van der Waals surface area (Å²) in [5.74, 6) is 0.676. The fourth-order valence-electron chi connectivity index (χ4n) is 2.22. The minimum Gasteiger partial charge on any atom is -0.497 e. The predicted molar refractivity (Wildman–Crippen MR) is 82.5 cm³/mol. The second-order valence-corrected chi connectivity index (χ2v) is 4.87. The molecule has 4 heteroatoms. The SMILES string of the molecule is COc1cccc(OCCCC(C#N)c2ccccc2F)c1. The molecule has 0 fully saturated rings. The zero-order chi connectivity index (χ0) is 15.8. The van der Waals surface area contributed by atoms with E-state index in [1.54, 1.807) is 31.4 Å². The van der Waals surface area contributed by atoms with Gasteiger partial charge in [0.15, 0.2) is 0 Å². The maximum atomic E-state index is 13.7. The molecule has 0 saturated carbocycles. The molecule has 0 aliphatic carbocycles. The number of rotatable bonds is 7. The fourth-order valence-corrected chi connectivity index (χ4v) is 2.22. The van der Waals surface area contributed by atoms with E-state index in [1.165, 1.54) is 6.07 Å². The molecule has 0 N–H and O–H groups in total. The van der Waals surface area contributed by atoms with Crippen molar-refractivity contribution in [2.45, 2.75) is 18.8 Å². The number of hydrogen-bond acceptors (Lipinski definition) is 3. The minimum absolute atomic E-state index is 0.331. The van der Waals surface area contributed by atoms with E-state index in [9.17, 15) is 9.65 Å². The summed E-state index contributed by atoms with van der Waals surface area (Å²) in [7, 11) is 1.60. The molecule has 0 bridgehead atoms. The highest BCUT2D eigenvalue weighted by atomic mass is 19.1. The molecule has 0 saturated heterocycles. The van der Waals surface area contributed by atoms with Gasteiger partial charge in [-0.1, -0.05) is 24.3 Å². The summed E-state index contributed by atoms with van der Waals surface area (Å²) in [5.41, 5.74) is 0.450. The van der Waals surface area contributed by atoms with E-state index < -0.39 is 5.92 Å². The Morgan fingerprint density at radius 1 is 1.14 bits per heavy atom. The molecule has 1 atom stereocenters. The molecule has 22 heavy (non-hydrogen) atoms. The molecule has 0 heterocycles. The van der Waals surface area contributed by atoms with E-state index in [0.717, 1.165) is 11.5 Å². The Morgan fingerprint density at radius 2 is 1.91 bits per heavy atom. The first-order chi connectivity index (χ1) is 10.7. The average Bonchev–Trinajstić information content (AvgIpc) is 2.56. The Kier molecular flexibility index (Phi) is 5.79. The van der Waals surface area contributed by atoms with E-state index in [2.05, 4.69) is 6.07 Å². The molecule has 2 rings (SSSR count). The lowest BCUT2D eigenvalue weighted by atomic mass is 9.95. The maximum absolute atomic E-state index is 13.7. The Hall–Kier alpha value is -2.54. The molecule has 2 aromatic carbocycles. The quantitative estimate of drug-likeness (QED) is 0.716. The first kappa shape index (κ1) is 15.8. The first-order valence-electron chi connectivity index (χ1n) is 7.15. The molecular formula is C18H18FNO2. The smallest absolute Gasteiger partial charge is 0.127 e. The van der Waals surface area contributed by atoms with Crippen LogP contribution in [0.25, 0.3) is 0 Å². The molecule has 0 radical (unpaired) electrons. The van der Waals surface area contributed by atoms with Crippen molar-refractivity contribution >= 4 is 0 Å². The highest BCUT2D eigenvalue weighted by molar-refractivity contribution is 5.32. The molecule has 114 valence electrons. The number of methoxy groups -OCH3 is 1. The highest BCUT2D eigenvalue weighted by Gasteiger charge is 2.14. The van der Waals surface area contributed by atoms with E-state index in [-0.39, 0.29) is 5.82 Å². The first-order valence-corrected chi connectivity index (χ1v) is 7.15. The van der Waals surface area contributed by atoms with Gasteiger partial charge in [0.2, 0.25) is 0 Å². The largest absolute Gasteiger partial charge is 0.497 e. The summed E-state index contributed by atoms with van der Waals surface area (Å²) in [6.07, 6.45) is 1.23. The van der Waals surface area contributed by atoms with Crippen molar-refractivity contribution in [3.63, 3.8) is 0 Å². The predicted octanol–water partition coefficient (Wildman–Crippen LogP) is 4.30. The van der Waals surface area contributed by atoms with Crippen molar-refractivity contribution in [2.24, 2.45) is 0 Å². The second-order valence-electron chi connectivity index (χ2n) is 4.87. The standard InChI is InChI=1S/C18H18FNO2/c1-21-15-7-4-8-16(12-15)22-11-5-6-14(13-20)17-9-2-3-10-18(17)19/h2-4,7-10,12,14H,5-6,11H2,1H3. The summed E-state index contributed by atoms with van der Waals surface area (Å²) in [5, 5.41) is 9.21. The molecule has 0 aromatic heterocycles. The third-order valence-corrected chi connectivity index (χ3v) is 3.38. The van der Waals surface area contributed by atoms with E-state index in [0.29, 0.717) is 25.0 Å². The molecule has 2 aromatic rings. The summed E-state index contributed by atoms with van der Waals surface area (Å²) >= 11 is 0. The van der Waals surface area contributed by atoms with Gasteiger partial charge in [0.25, 0.3) is 0 Å².